The first-order valence-electron chi connectivity index (χ1n) is 9.51. The number of benzene rings is 1. The Morgan fingerprint density at radius 3 is 2.62 bits per heavy atom. The lowest BCUT2D eigenvalue weighted by molar-refractivity contribution is 0.461. The van der Waals surface area contributed by atoms with E-state index in [2.05, 4.69) is 27.5 Å². The third-order valence-corrected chi connectivity index (χ3v) is 5.47. The second-order valence-electron chi connectivity index (χ2n) is 7.24. The van der Waals surface area contributed by atoms with Gasteiger partial charge in [0.2, 0.25) is 5.88 Å². The average Bonchev–Trinajstić information content (AvgIpc) is 2.66. The number of rotatable bonds is 8. The number of nitrogens with one attached hydrogen (secondary N) is 2. The number of ether oxygens (including phenoxy) is 1. The summed E-state index contributed by atoms with van der Waals surface area (Å²) in [6, 6.07) is 9.71. The molecule has 0 saturated heterocycles. The smallest absolute Gasteiger partial charge is 0.219 e. The Bertz CT molecular complexity index is 958. The van der Waals surface area contributed by atoms with Crippen LogP contribution in [0.4, 0.5) is 0 Å². The molecule has 1 aromatic heterocycles. The summed E-state index contributed by atoms with van der Waals surface area (Å²) in [5, 5.41) is 6.43. The molecule has 1 atom stereocenters. The van der Waals surface area contributed by atoms with Crippen LogP contribution in [0.1, 0.15) is 30.0 Å². The zero-order chi connectivity index (χ0) is 21.4. The van der Waals surface area contributed by atoms with Crippen LogP contribution in [0.25, 0.3) is 0 Å². The summed E-state index contributed by atoms with van der Waals surface area (Å²) in [6.07, 6.45) is 3.47. The predicted molar refractivity (Wildman–Crippen MR) is 117 cm³/mol. The zero-order valence-corrected chi connectivity index (χ0v) is 18.5. The Morgan fingerprint density at radius 2 is 1.97 bits per heavy atom. The number of pyridine rings is 1. The average molecular weight is 419 g/mol. The van der Waals surface area contributed by atoms with Crippen LogP contribution < -0.4 is 15.4 Å². The predicted octanol–water partition coefficient (Wildman–Crippen LogP) is 2.98. The van der Waals surface area contributed by atoms with Crippen LogP contribution in [-0.2, 0) is 16.4 Å². The summed E-state index contributed by atoms with van der Waals surface area (Å²) in [5.74, 6) is 2.03. The normalized spacial score (nSPS) is 13.1. The fourth-order valence-electron chi connectivity index (χ4n) is 2.59. The summed E-state index contributed by atoms with van der Waals surface area (Å²) in [6.45, 7) is 6.57. The fourth-order valence-corrected chi connectivity index (χ4v) is 3.37. The molecule has 0 radical (unpaired) electrons. The van der Waals surface area contributed by atoms with E-state index in [-0.39, 0.29) is 11.8 Å². The highest BCUT2D eigenvalue weighted by molar-refractivity contribution is 7.90. The summed E-state index contributed by atoms with van der Waals surface area (Å²) < 4.78 is 28.5. The van der Waals surface area contributed by atoms with Crippen molar-refractivity contribution in [3.8, 4) is 11.6 Å². The number of aliphatic imine (C=N–C) groups is 1. The van der Waals surface area contributed by atoms with Crippen LogP contribution in [0.3, 0.4) is 0 Å². The molecule has 8 heteroatoms. The van der Waals surface area contributed by atoms with Crippen LogP contribution in [0.15, 0.2) is 41.5 Å². The Morgan fingerprint density at radius 1 is 1.21 bits per heavy atom. The van der Waals surface area contributed by atoms with E-state index in [9.17, 15) is 8.42 Å². The number of guanidine groups is 1. The Balaban J connectivity index is 1.92. The minimum atomic E-state index is -2.97. The quantitative estimate of drug-likeness (QED) is 0.506. The van der Waals surface area contributed by atoms with Gasteiger partial charge in [0.1, 0.15) is 15.6 Å². The van der Waals surface area contributed by atoms with Crippen molar-refractivity contribution in [1.29, 1.82) is 0 Å². The molecule has 0 amide bonds. The maximum atomic E-state index is 11.3. The van der Waals surface area contributed by atoms with E-state index in [0.717, 1.165) is 11.3 Å². The van der Waals surface area contributed by atoms with Gasteiger partial charge in [0.15, 0.2) is 5.96 Å². The molecule has 0 fully saturated rings. The molecule has 2 rings (SSSR count). The van der Waals surface area contributed by atoms with Crippen molar-refractivity contribution in [2.75, 3.05) is 19.1 Å². The summed E-state index contributed by atoms with van der Waals surface area (Å²) in [5.41, 5.74) is 3.37. The maximum absolute atomic E-state index is 11.3. The highest BCUT2D eigenvalue weighted by Gasteiger charge is 2.10. The van der Waals surface area contributed by atoms with Crippen LogP contribution in [0.5, 0.6) is 11.6 Å². The van der Waals surface area contributed by atoms with Gasteiger partial charge >= 0.3 is 0 Å². The maximum Gasteiger partial charge on any atom is 0.219 e. The van der Waals surface area contributed by atoms with E-state index in [1.807, 2.05) is 44.2 Å². The van der Waals surface area contributed by atoms with E-state index in [1.165, 1.54) is 17.4 Å². The lowest BCUT2D eigenvalue weighted by atomic mass is 10.1. The van der Waals surface area contributed by atoms with Crippen LogP contribution in [-0.4, -0.2) is 44.5 Å². The summed E-state index contributed by atoms with van der Waals surface area (Å²) in [4.78, 5) is 8.47. The summed E-state index contributed by atoms with van der Waals surface area (Å²) >= 11 is 0. The highest BCUT2D eigenvalue weighted by atomic mass is 32.2. The van der Waals surface area contributed by atoms with Crippen LogP contribution in [0, 0.1) is 13.8 Å². The first-order chi connectivity index (χ1) is 13.7. The lowest BCUT2D eigenvalue weighted by Gasteiger charge is -2.17. The first kappa shape index (κ1) is 22.7. The SMILES string of the molecule is CN=C(NCc1ccnc(Oc2ccc(C)c(C)c2)c1)NC(C)CCS(C)(=O)=O. The van der Waals surface area contributed by atoms with Gasteiger partial charge in [-0.1, -0.05) is 6.07 Å². The third-order valence-electron chi connectivity index (χ3n) is 4.49. The molecular weight excluding hydrogens is 388 g/mol. The lowest BCUT2D eigenvalue weighted by Crippen LogP contribution is -2.42. The number of hydrogen-bond donors (Lipinski definition) is 2. The molecule has 2 N–H and O–H groups in total. The van der Waals surface area contributed by atoms with Crippen molar-refractivity contribution in [3.05, 3.63) is 53.2 Å². The topological polar surface area (TPSA) is 92.7 Å². The van der Waals surface area contributed by atoms with Gasteiger partial charge in [-0.3, -0.25) is 4.99 Å². The van der Waals surface area contributed by atoms with Gasteiger partial charge in [-0.2, -0.15) is 0 Å². The third kappa shape index (κ3) is 8.11. The zero-order valence-electron chi connectivity index (χ0n) is 17.7. The Labute approximate surface area is 173 Å². The van der Waals surface area contributed by atoms with Gasteiger partial charge in [0, 0.05) is 38.2 Å². The second kappa shape index (κ2) is 10.2. The van der Waals surface area contributed by atoms with Gasteiger partial charge in [0.05, 0.1) is 5.75 Å². The number of aryl methyl sites for hydroxylation is 2. The van der Waals surface area contributed by atoms with E-state index in [4.69, 9.17) is 4.74 Å². The number of hydrogen-bond acceptors (Lipinski definition) is 5. The Kier molecular flexibility index (Phi) is 8.01. The molecule has 1 unspecified atom stereocenters. The molecule has 0 spiro atoms. The number of sulfone groups is 1. The molecular formula is C21H30N4O3S. The minimum Gasteiger partial charge on any atom is -0.439 e. The molecule has 0 aliphatic rings. The first-order valence-corrected chi connectivity index (χ1v) is 11.6. The van der Waals surface area contributed by atoms with Gasteiger partial charge in [0.25, 0.3) is 0 Å². The van der Waals surface area contributed by atoms with Crippen molar-refractivity contribution >= 4 is 15.8 Å². The molecule has 7 nitrogen and oxygen atoms in total. The molecule has 1 aromatic carbocycles. The van der Waals surface area contributed by atoms with Gasteiger partial charge in [-0.05, 0) is 62.1 Å². The van der Waals surface area contributed by atoms with Crippen molar-refractivity contribution in [3.63, 3.8) is 0 Å². The highest BCUT2D eigenvalue weighted by Crippen LogP contribution is 2.22. The van der Waals surface area contributed by atoms with E-state index < -0.39 is 9.84 Å². The van der Waals surface area contributed by atoms with Gasteiger partial charge in [-0.15, -0.1) is 0 Å². The van der Waals surface area contributed by atoms with Gasteiger partial charge in [-0.25, -0.2) is 13.4 Å². The largest absolute Gasteiger partial charge is 0.439 e. The summed E-state index contributed by atoms with van der Waals surface area (Å²) in [7, 11) is -1.29. The van der Waals surface area contributed by atoms with Crippen LogP contribution in [0.2, 0.25) is 0 Å². The van der Waals surface area contributed by atoms with Crippen molar-refractivity contribution in [2.45, 2.75) is 39.8 Å². The Hall–Kier alpha value is -2.61. The van der Waals surface area contributed by atoms with Crippen molar-refractivity contribution in [2.24, 2.45) is 4.99 Å². The second-order valence-corrected chi connectivity index (χ2v) is 9.50. The number of aromatic nitrogens is 1. The molecule has 0 aliphatic carbocycles. The molecule has 1 heterocycles. The fraction of sp³-hybridized carbons (Fsp3) is 0.429. The van der Waals surface area contributed by atoms with Crippen molar-refractivity contribution < 1.29 is 13.2 Å². The molecule has 0 aliphatic heterocycles. The molecule has 158 valence electrons. The minimum absolute atomic E-state index is 0.0166. The van der Waals surface area contributed by atoms with Crippen LogP contribution >= 0.6 is 0 Å². The molecule has 0 saturated carbocycles. The molecule has 2 aromatic rings. The monoisotopic (exact) mass is 418 g/mol. The molecule has 29 heavy (non-hydrogen) atoms. The van der Waals surface area contributed by atoms with Gasteiger partial charge < -0.3 is 15.4 Å². The molecule has 0 bridgehead atoms. The number of nitrogens with zero attached hydrogens (tertiary/aromatic N) is 2. The van der Waals surface area contributed by atoms with Crippen molar-refractivity contribution in [1.82, 2.24) is 15.6 Å². The van der Waals surface area contributed by atoms with E-state index in [1.54, 1.807) is 13.2 Å². The standard InChI is InChI=1S/C21H30N4O3S/c1-15-6-7-19(12-16(15)2)28-20-13-18(8-10-23-20)14-24-21(22-4)25-17(3)9-11-29(5,26)27/h6-8,10,12-13,17H,9,11,14H2,1-5H3,(H2,22,24,25). The van der Waals surface area contributed by atoms with E-state index >= 15 is 0 Å². The van der Waals surface area contributed by atoms with E-state index in [0.29, 0.717) is 24.8 Å².